The summed E-state index contributed by atoms with van der Waals surface area (Å²) < 4.78 is 1.98. The minimum atomic E-state index is -0.131. The van der Waals surface area contributed by atoms with Crippen molar-refractivity contribution in [1.82, 2.24) is 14.8 Å². The second kappa shape index (κ2) is 8.96. The topological polar surface area (TPSA) is 83.6 Å². The Balaban J connectivity index is 1.85. The predicted molar refractivity (Wildman–Crippen MR) is 90.1 cm³/mol. The lowest BCUT2D eigenvalue weighted by Gasteiger charge is -2.07. The van der Waals surface area contributed by atoms with Crippen LogP contribution in [0.2, 0.25) is 0 Å². The summed E-state index contributed by atoms with van der Waals surface area (Å²) in [6, 6.07) is 8.90. The van der Waals surface area contributed by atoms with E-state index in [2.05, 4.69) is 22.4 Å². The standard InChI is InChI=1S/C16H19N5OS/c1-2-3-4-8-21-12-18-20-16(21)23-11-15(22)19-14-7-5-6-13(9-14)10-17/h5-7,9,12H,2-4,8,11H2,1H3,(H,19,22). The van der Waals surface area contributed by atoms with Gasteiger partial charge in [0, 0.05) is 12.2 Å². The molecule has 23 heavy (non-hydrogen) atoms. The van der Waals surface area contributed by atoms with Gasteiger partial charge in [-0.05, 0) is 24.6 Å². The highest BCUT2D eigenvalue weighted by atomic mass is 32.2. The summed E-state index contributed by atoms with van der Waals surface area (Å²) >= 11 is 1.36. The third kappa shape index (κ3) is 5.42. The Hall–Kier alpha value is -2.33. The fourth-order valence-electron chi connectivity index (χ4n) is 2.04. The Labute approximate surface area is 139 Å². The number of aryl methyl sites for hydroxylation is 1. The van der Waals surface area contributed by atoms with Crippen molar-refractivity contribution in [3.63, 3.8) is 0 Å². The van der Waals surface area contributed by atoms with Gasteiger partial charge in [0.05, 0.1) is 17.4 Å². The van der Waals surface area contributed by atoms with Crippen LogP contribution >= 0.6 is 11.8 Å². The van der Waals surface area contributed by atoms with E-state index >= 15 is 0 Å². The number of amides is 1. The molecule has 0 unspecified atom stereocenters. The van der Waals surface area contributed by atoms with E-state index in [9.17, 15) is 4.79 Å². The van der Waals surface area contributed by atoms with Gasteiger partial charge in [-0.15, -0.1) is 10.2 Å². The molecule has 2 rings (SSSR count). The van der Waals surface area contributed by atoms with Gasteiger partial charge < -0.3 is 9.88 Å². The second-order valence-corrected chi connectivity index (χ2v) is 5.99. The molecule has 120 valence electrons. The van der Waals surface area contributed by atoms with Crippen LogP contribution in [0.3, 0.4) is 0 Å². The number of nitrogens with zero attached hydrogens (tertiary/aromatic N) is 4. The average molecular weight is 329 g/mol. The molecule has 0 fully saturated rings. The van der Waals surface area contributed by atoms with Gasteiger partial charge in [0.1, 0.15) is 6.33 Å². The number of nitrogens with one attached hydrogen (secondary N) is 1. The summed E-state index contributed by atoms with van der Waals surface area (Å²) in [5.74, 6) is 0.122. The Morgan fingerprint density at radius 2 is 2.30 bits per heavy atom. The van der Waals surface area contributed by atoms with Crippen LogP contribution in [0.25, 0.3) is 0 Å². The van der Waals surface area contributed by atoms with Crippen molar-refractivity contribution in [3.05, 3.63) is 36.2 Å². The van der Waals surface area contributed by atoms with Gasteiger partial charge in [0.15, 0.2) is 5.16 Å². The molecule has 0 atom stereocenters. The first-order valence-electron chi connectivity index (χ1n) is 7.53. The summed E-state index contributed by atoms with van der Waals surface area (Å²) in [7, 11) is 0. The number of hydrogen-bond acceptors (Lipinski definition) is 5. The minimum absolute atomic E-state index is 0.131. The van der Waals surface area contributed by atoms with Crippen LogP contribution in [0, 0.1) is 11.3 Å². The van der Waals surface area contributed by atoms with Crippen LogP contribution in [0.4, 0.5) is 5.69 Å². The Kier molecular flexibility index (Phi) is 6.63. The molecule has 0 radical (unpaired) electrons. The van der Waals surface area contributed by atoms with Crippen molar-refractivity contribution in [2.24, 2.45) is 0 Å². The zero-order chi connectivity index (χ0) is 16.5. The summed E-state index contributed by atoms with van der Waals surface area (Å²) in [5.41, 5.74) is 1.14. The molecule has 0 bridgehead atoms. The van der Waals surface area contributed by atoms with E-state index in [4.69, 9.17) is 5.26 Å². The van der Waals surface area contributed by atoms with Crippen LogP contribution in [0.5, 0.6) is 0 Å². The molecule has 1 amide bonds. The summed E-state index contributed by atoms with van der Waals surface area (Å²) in [5, 5.41) is 20.4. The monoisotopic (exact) mass is 329 g/mol. The number of carbonyl (C=O) groups is 1. The SMILES string of the molecule is CCCCCn1cnnc1SCC(=O)Nc1cccc(C#N)c1. The fourth-order valence-corrected chi connectivity index (χ4v) is 2.78. The molecule has 0 spiro atoms. The maximum atomic E-state index is 12.0. The average Bonchev–Trinajstić information content (AvgIpc) is 3.01. The van der Waals surface area contributed by atoms with Crippen molar-refractivity contribution in [1.29, 1.82) is 5.26 Å². The third-order valence-corrected chi connectivity index (χ3v) is 4.17. The quantitative estimate of drug-likeness (QED) is 0.594. The zero-order valence-electron chi connectivity index (χ0n) is 13.0. The largest absolute Gasteiger partial charge is 0.325 e. The molecule has 0 aliphatic rings. The molecule has 0 saturated carbocycles. The third-order valence-electron chi connectivity index (χ3n) is 3.19. The molecule has 1 aromatic heterocycles. The highest BCUT2D eigenvalue weighted by molar-refractivity contribution is 7.99. The van der Waals surface area contributed by atoms with E-state index < -0.39 is 0 Å². The number of unbranched alkanes of at least 4 members (excludes halogenated alkanes) is 2. The number of hydrogen-bond donors (Lipinski definition) is 1. The predicted octanol–water partition coefficient (Wildman–Crippen LogP) is 3.07. The van der Waals surface area contributed by atoms with Crippen molar-refractivity contribution in [3.8, 4) is 6.07 Å². The van der Waals surface area contributed by atoms with Crippen LogP contribution in [0.15, 0.2) is 35.7 Å². The lowest BCUT2D eigenvalue weighted by atomic mass is 10.2. The maximum absolute atomic E-state index is 12.0. The van der Waals surface area contributed by atoms with Crippen LogP contribution in [-0.2, 0) is 11.3 Å². The van der Waals surface area contributed by atoms with E-state index in [-0.39, 0.29) is 11.7 Å². The molecule has 1 aromatic carbocycles. The smallest absolute Gasteiger partial charge is 0.234 e. The molecule has 1 N–H and O–H groups in total. The molecular weight excluding hydrogens is 310 g/mol. The van der Waals surface area contributed by atoms with Gasteiger partial charge in [-0.1, -0.05) is 37.6 Å². The number of aromatic nitrogens is 3. The Morgan fingerprint density at radius 3 is 3.09 bits per heavy atom. The first-order valence-corrected chi connectivity index (χ1v) is 8.52. The van der Waals surface area contributed by atoms with Crippen LogP contribution in [0.1, 0.15) is 31.7 Å². The second-order valence-electron chi connectivity index (χ2n) is 5.04. The number of thioether (sulfide) groups is 1. The number of benzene rings is 1. The normalized spacial score (nSPS) is 10.3. The maximum Gasteiger partial charge on any atom is 0.234 e. The minimum Gasteiger partial charge on any atom is -0.325 e. The fraction of sp³-hybridized carbons (Fsp3) is 0.375. The van der Waals surface area contributed by atoms with E-state index in [0.29, 0.717) is 11.3 Å². The van der Waals surface area contributed by atoms with Gasteiger partial charge >= 0.3 is 0 Å². The number of rotatable bonds is 8. The van der Waals surface area contributed by atoms with Crippen molar-refractivity contribution < 1.29 is 4.79 Å². The zero-order valence-corrected chi connectivity index (χ0v) is 13.8. The Morgan fingerprint density at radius 1 is 1.43 bits per heavy atom. The lowest BCUT2D eigenvalue weighted by Crippen LogP contribution is -2.14. The van der Waals surface area contributed by atoms with Gasteiger partial charge in [-0.25, -0.2) is 0 Å². The van der Waals surface area contributed by atoms with E-state index in [1.807, 2.05) is 10.6 Å². The summed E-state index contributed by atoms with van der Waals surface area (Å²) in [6.45, 7) is 3.03. The van der Waals surface area contributed by atoms with E-state index in [1.54, 1.807) is 30.6 Å². The lowest BCUT2D eigenvalue weighted by molar-refractivity contribution is -0.113. The van der Waals surface area contributed by atoms with Crippen molar-refractivity contribution in [2.45, 2.75) is 37.9 Å². The van der Waals surface area contributed by atoms with Gasteiger partial charge in [0.25, 0.3) is 0 Å². The molecule has 0 aliphatic carbocycles. The first kappa shape index (κ1) is 17.0. The molecule has 0 aliphatic heterocycles. The van der Waals surface area contributed by atoms with Gasteiger partial charge in [-0.3, -0.25) is 4.79 Å². The van der Waals surface area contributed by atoms with Gasteiger partial charge in [-0.2, -0.15) is 5.26 Å². The highest BCUT2D eigenvalue weighted by Gasteiger charge is 2.09. The van der Waals surface area contributed by atoms with Crippen molar-refractivity contribution in [2.75, 3.05) is 11.1 Å². The molecule has 2 aromatic rings. The van der Waals surface area contributed by atoms with E-state index in [0.717, 1.165) is 31.0 Å². The van der Waals surface area contributed by atoms with E-state index in [1.165, 1.54) is 11.8 Å². The molecule has 0 saturated heterocycles. The summed E-state index contributed by atoms with van der Waals surface area (Å²) in [4.78, 5) is 12.0. The molecular formula is C16H19N5OS. The van der Waals surface area contributed by atoms with Crippen molar-refractivity contribution >= 4 is 23.4 Å². The van der Waals surface area contributed by atoms with Gasteiger partial charge in [0.2, 0.25) is 5.91 Å². The first-order chi connectivity index (χ1) is 11.2. The molecule has 1 heterocycles. The summed E-state index contributed by atoms with van der Waals surface area (Å²) in [6.07, 6.45) is 5.11. The molecule has 6 nitrogen and oxygen atoms in total. The Bertz CT molecular complexity index is 692. The number of anilines is 1. The van der Waals surface area contributed by atoms with Crippen LogP contribution < -0.4 is 5.32 Å². The number of carbonyl (C=O) groups excluding carboxylic acids is 1. The number of nitriles is 1. The highest BCUT2D eigenvalue weighted by Crippen LogP contribution is 2.17. The molecule has 7 heteroatoms. The van der Waals surface area contributed by atoms with Crippen LogP contribution in [-0.4, -0.2) is 26.4 Å².